The van der Waals surface area contributed by atoms with Gasteiger partial charge in [-0.3, -0.25) is 4.98 Å². The number of rotatable bonds is 5. The van der Waals surface area contributed by atoms with Crippen LogP contribution < -0.4 is 14.5 Å². The number of anilines is 4. The second kappa shape index (κ2) is 12.9. The van der Waals surface area contributed by atoms with Gasteiger partial charge in [-0.2, -0.15) is 12.1 Å². The Bertz CT molecular complexity index is 2840. The van der Waals surface area contributed by atoms with Crippen LogP contribution in [0.4, 0.5) is 22.7 Å². The van der Waals surface area contributed by atoms with Gasteiger partial charge in [-0.15, -0.1) is 59.4 Å². The van der Waals surface area contributed by atoms with Crippen LogP contribution in [0.1, 0.15) is 26.3 Å². The van der Waals surface area contributed by atoms with Gasteiger partial charge in [0, 0.05) is 77.3 Å². The van der Waals surface area contributed by atoms with Crippen molar-refractivity contribution in [2.75, 3.05) is 9.80 Å². The van der Waals surface area contributed by atoms with Crippen LogP contribution in [0.25, 0.3) is 47.8 Å². The van der Waals surface area contributed by atoms with Gasteiger partial charge in [0.2, 0.25) is 0 Å². The first-order valence-corrected chi connectivity index (χ1v) is 18.1. The largest absolute Gasteiger partial charge is 0.509 e. The number of aromatic nitrogens is 3. The molecule has 0 amide bonds. The first-order valence-electron chi connectivity index (χ1n) is 17.3. The molecule has 262 valence electrons. The van der Waals surface area contributed by atoms with Crippen LogP contribution in [0.15, 0.2) is 134 Å². The van der Waals surface area contributed by atoms with Crippen molar-refractivity contribution in [2.45, 2.75) is 26.2 Å². The van der Waals surface area contributed by atoms with E-state index < -0.39 is 0 Å². The SMILES string of the molecule is CC(C)(C)c1ccnc(-n2c3[c-]c(Oc4[c-]c(N5[CH-]N(c6cccc7c6sc6ccccc67)c6cnccc65)ccc4)ccc3c3ccccc32)c1.[Pt]. The third-order valence-corrected chi connectivity index (χ3v) is 11.0. The fourth-order valence-corrected chi connectivity index (χ4v) is 8.46. The van der Waals surface area contributed by atoms with E-state index in [0.717, 1.165) is 50.4 Å². The summed E-state index contributed by atoms with van der Waals surface area (Å²) in [5, 5.41) is 4.76. The average Bonchev–Trinajstić information content (AvgIpc) is 3.84. The number of benzene rings is 5. The van der Waals surface area contributed by atoms with Gasteiger partial charge in [0.1, 0.15) is 5.82 Å². The molecule has 0 unspecified atom stereocenters. The standard InChI is InChI=1S/C45H32N5OS.Pt/c1-45(2,3)29-20-23-47-43(24-29)50-37-15-6-4-12-33(37)34-19-18-32(26-40(34)50)51-31-11-8-10-30(25-31)48-28-49(41-27-46-22-21-38(41)48)39-16-9-14-36-35-13-5-7-17-42(35)52-44(36)39;/h4-24,27-28H,1-3H3;/q-3;. The molecule has 0 N–H and O–H groups in total. The number of thiophene rings is 1. The molecule has 53 heavy (non-hydrogen) atoms. The van der Waals surface area contributed by atoms with Gasteiger partial charge in [0.15, 0.2) is 0 Å². The molecule has 0 aliphatic carbocycles. The van der Waals surface area contributed by atoms with Gasteiger partial charge in [-0.05, 0) is 52.8 Å². The van der Waals surface area contributed by atoms with Crippen molar-refractivity contribution in [1.82, 2.24) is 14.5 Å². The molecule has 8 heteroatoms. The van der Waals surface area contributed by atoms with E-state index in [0.29, 0.717) is 11.5 Å². The third-order valence-electron chi connectivity index (χ3n) is 9.80. The third kappa shape index (κ3) is 5.58. The van der Waals surface area contributed by atoms with E-state index in [1.807, 2.05) is 54.2 Å². The van der Waals surface area contributed by atoms with Gasteiger partial charge in [-0.25, -0.2) is 4.98 Å². The van der Waals surface area contributed by atoms with Gasteiger partial charge >= 0.3 is 0 Å². The predicted octanol–water partition coefficient (Wildman–Crippen LogP) is 12.0. The zero-order valence-electron chi connectivity index (χ0n) is 29.1. The molecule has 0 saturated heterocycles. The minimum absolute atomic E-state index is 0. The number of ether oxygens (including phenoxy) is 1. The van der Waals surface area contributed by atoms with Gasteiger partial charge < -0.3 is 19.1 Å². The zero-order valence-corrected chi connectivity index (χ0v) is 32.2. The predicted molar refractivity (Wildman–Crippen MR) is 214 cm³/mol. The maximum absolute atomic E-state index is 6.53. The van der Waals surface area contributed by atoms with Crippen LogP contribution in [-0.4, -0.2) is 14.5 Å². The second-order valence-electron chi connectivity index (χ2n) is 14.1. The number of fused-ring (bicyclic) bond motifs is 7. The van der Waals surface area contributed by atoms with E-state index in [-0.39, 0.29) is 26.5 Å². The zero-order chi connectivity index (χ0) is 35.0. The van der Waals surface area contributed by atoms with Crippen molar-refractivity contribution in [1.29, 1.82) is 0 Å². The molecule has 0 fully saturated rings. The minimum atomic E-state index is -0.0118. The van der Waals surface area contributed by atoms with E-state index in [1.54, 1.807) is 0 Å². The summed E-state index contributed by atoms with van der Waals surface area (Å²) in [5.74, 6) is 2.05. The van der Waals surface area contributed by atoms with Crippen LogP contribution in [0, 0.1) is 18.8 Å². The fraction of sp³-hybridized carbons (Fsp3) is 0.0889. The number of para-hydroxylation sites is 1. The molecule has 6 nitrogen and oxygen atoms in total. The topological polar surface area (TPSA) is 46.4 Å². The molecule has 1 aliphatic rings. The van der Waals surface area contributed by atoms with Crippen LogP contribution in [-0.2, 0) is 26.5 Å². The average molecular weight is 886 g/mol. The van der Waals surface area contributed by atoms with Crippen LogP contribution in [0.5, 0.6) is 11.5 Å². The maximum atomic E-state index is 6.53. The normalized spacial score (nSPS) is 12.9. The first-order chi connectivity index (χ1) is 25.4. The molecule has 5 heterocycles. The molecular formula is C45H32N5OPtS-3. The van der Waals surface area contributed by atoms with Crippen molar-refractivity contribution < 1.29 is 25.8 Å². The fourth-order valence-electron chi connectivity index (χ4n) is 7.25. The molecule has 0 atom stereocenters. The van der Waals surface area contributed by atoms with E-state index in [9.17, 15) is 0 Å². The van der Waals surface area contributed by atoms with Crippen molar-refractivity contribution in [3.8, 4) is 17.3 Å². The smallest absolute Gasteiger partial charge is 0.135 e. The van der Waals surface area contributed by atoms with Crippen molar-refractivity contribution in [3.05, 3.63) is 158 Å². The summed E-state index contributed by atoms with van der Waals surface area (Å²) >= 11 is 1.82. The number of hydrogen-bond donors (Lipinski definition) is 0. The molecule has 0 bridgehead atoms. The Morgan fingerprint density at radius 1 is 0.679 bits per heavy atom. The quantitative estimate of drug-likeness (QED) is 0.161. The van der Waals surface area contributed by atoms with E-state index in [1.165, 1.54) is 25.7 Å². The number of hydrogen-bond acceptors (Lipinski definition) is 6. The van der Waals surface area contributed by atoms with Gasteiger partial charge in [0.25, 0.3) is 0 Å². The Hall–Kier alpha value is -5.49. The molecule has 1 aliphatic heterocycles. The van der Waals surface area contributed by atoms with Crippen molar-refractivity contribution in [3.63, 3.8) is 0 Å². The second-order valence-corrected chi connectivity index (χ2v) is 15.1. The van der Waals surface area contributed by atoms with Gasteiger partial charge in [-0.1, -0.05) is 74.8 Å². The van der Waals surface area contributed by atoms with Crippen LogP contribution >= 0.6 is 11.3 Å². The number of nitrogens with zero attached hydrogens (tertiary/aromatic N) is 5. The van der Waals surface area contributed by atoms with Gasteiger partial charge in [0.05, 0.1) is 16.6 Å². The summed E-state index contributed by atoms with van der Waals surface area (Å²) in [6, 6.07) is 47.1. The summed E-state index contributed by atoms with van der Waals surface area (Å²) in [5.41, 5.74) is 7.19. The minimum Gasteiger partial charge on any atom is -0.509 e. The summed E-state index contributed by atoms with van der Waals surface area (Å²) in [4.78, 5) is 13.7. The summed E-state index contributed by atoms with van der Waals surface area (Å²) in [7, 11) is 0. The summed E-state index contributed by atoms with van der Waals surface area (Å²) in [6.07, 6.45) is 5.65. The molecule has 9 aromatic rings. The molecule has 10 rings (SSSR count). The Kier molecular flexibility index (Phi) is 8.10. The maximum Gasteiger partial charge on any atom is 0.135 e. The molecule has 5 aromatic carbocycles. The molecule has 4 aromatic heterocycles. The molecule has 0 saturated carbocycles. The Morgan fingerprint density at radius 3 is 2.36 bits per heavy atom. The Morgan fingerprint density at radius 2 is 1.47 bits per heavy atom. The summed E-state index contributed by atoms with van der Waals surface area (Å²) < 4.78 is 11.2. The summed E-state index contributed by atoms with van der Waals surface area (Å²) in [6.45, 7) is 8.79. The van der Waals surface area contributed by atoms with E-state index in [4.69, 9.17) is 9.72 Å². The van der Waals surface area contributed by atoms with E-state index in [2.05, 4.69) is 150 Å². The molecular weight excluding hydrogens is 854 g/mol. The Balaban J connectivity index is 0.00000372. The monoisotopic (exact) mass is 885 g/mol. The van der Waals surface area contributed by atoms with Crippen LogP contribution in [0.2, 0.25) is 0 Å². The molecule has 0 radical (unpaired) electrons. The first kappa shape index (κ1) is 33.4. The Labute approximate surface area is 326 Å². The number of pyridine rings is 2. The van der Waals surface area contributed by atoms with Crippen molar-refractivity contribution in [2.24, 2.45) is 0 Å². The molecule has 0 spiro atoms. The van der Waals surface area contributed by atoms with Crippen LogP contribution in [0.3, 0.4) is 0 Å². The van der Waals surface area contributed by atoms with E-state index >= 15 is 0 Å². The van der Waals surface area contributed by atoms with Crippen molar-refractivity contribution >= 4 is 76.1 Å².